The summed E-state index contributed by atoms with van der Waals surface area (Å²) in [6.07, 6.45) is 5.77. The molecule has 0 unspecified atom stereocenters. The number of hydrogen-bond acceptors (Lipinski definition) is 4. The quantitative estimate of drug-likeness (QED) is 0.783. The second-order valence-electron chi connectivity index (χ2n) is 4.77. The van der Waals surface area contributed by atoms with Crippen molar-refractivity contribution in [3.63, 3.8) is 0 Å². The van der Waals surface area contributed by atoms with Gasteiger partial charge in [-0.15, -0.1) is 0 Å². The van der Waals surface area contributed by atoms with E-state index in [2.05, 4.69) is 9.97 Å². The first kappa shape index (κ1) is 14.2. The number of nitrogens with zero attached hydrogens (tertiary/aromatic N) is 2. The Hall–Kier alpha value is -2.23. The molecule has 0 atom stereocenters. The largest absolute Gasteiger partial charge is 0.492 e. The summed E-state index contributed by atoms with van der Waals surface area (Å²) in [5.74, 6) is 0.486. The van der Waals surface area contributed by atoms with Gasteiger partial charge in [-0.2, -0.15) is 0 Å². The number of rotatable bonds is 5. The number of carbonyl (C=O) groups is 1. The number of carbonyl (C=O) groups excluding carboxylic acids is 1. The van der Waals surface area contributed by atoms with E-state index in [9.17, 15) is 4.79 Å². The van der Waals surface area contributed by atoms with Crippen LogP contribution >= 0.6 is 0 Å². The minimum absolute atomic E-state index is 0.128. The first-order chi connectivity index (χ1) is 9.61. The standard InChI is InChI=1S/C16H18N2O2/c1-4-5-20-14-7-13(9-17-10-14)16(19)15-12(3)6-11(2)8-18-15/h6-10H,4-5H2,1-3H3. The molecule has 2 aromatic heterocycles. The second-order valence-corrected chi connectivity index (χ2v) is 4.77. The Morgan fingerprint density at radius 3 is 2.70 bits per heavy atom. The van der Waals surface area contributed by atoms with Crippen molar-refractivity contribution in [1.82, 2.24) is 9.97 Å². The van der Waals surface area contributed by atoms with Crippen LogP contribution in [-0.2, 0) is 0 Å². The molecule has 0 bridgehead atoms. The van der Waals surface area contributed by atoms with Crippen molar-refractivity contribution in [3.05, 3.63) is 53.1 Å². The molecule has 0 aliphatic rings. The molecule has 0 fully saturated rings. The fraction of sp³-hybridized carbons (Fsp3) is 0.312. The van der Waals surface area contributed by atoms with Gasteiger partial charge in [-0.1, -0.05) is 13.0 Å². The third kappa shape index (κ3) is 3.20. The fourth-order valence-corrected chi connectivity index (χ4v) is 1.93. The smallest absolute Gasteiger partial charge is 0.213 e. The van der Waals surface area contributed by atoms with Gasteiger partial charge in [-0.05, 0) is 37.5 Å². The van der Waals surface area contributed by atoms with Gasteiger partial charge in [0.1, 0.15) is 11.4 Å². The van der Waals surface area contributed by atoms with E-state index in [1.807, 2.05) is 26.8 Å². The van der Waals surface area contributed by atoms with Crippen molar-refractivity contribution in [2.45, 2.75) is 27.2 Å². The summed E-state index contributed by atoms with van der Waals surface area (Å²) < 4.78 is 5.50. The Kier molecular flexibility index (Phi) is 4.45. The fourth-order valence-electron chi connectivity index (χ4n) is 1.93. The summed E-state index contributed by atoms with van der Waals surface area (Å²) in [6.45, 7) is 6.48. The van der Waals surface area contributed by atoms with Gasteiger partial charge >= 0.3 is 0 Å². The lowest BCUT2D eigenvalue weighted by molar-refractivity contribution is 0.103. The van der Waals surface area contributed by atoms with Crippen LogP contribution in [0.3, 0.4) is 0 Å². The van der Waals surface area contributed by atoms with Crippen LogP contribution in [0.5, 0.6) is 5.75 Å². The molecule has 0 aliphatic heterocycles. The van der Waals surface area contributed by atoms with Gasteiger partial charge in [-0.3, -0.25) is 14.8 Å². The van der Waals surface area contributed by atoms with Crippen LogP contribution < -0.4 is 4.74 Å². The maximum atomic E-state index is 12.4. The Morgan fingerprint density at radius 2 is 2.00 bits per heavy atom. The number of ketones is 1. The SMILES string of the molecule is CCCOc1cncc(C(=O)c2ncc(C)cc2C)c1. The third-order valence-corrected chi connectivity index (χ3v) is 2.88. The van der Waals surface area contributed by atoms with Crippen LogP contribution in [0.25, 0.3) is 0 Å². The normalized spacial score (nSPS) is 10.3. The van der Waals surface area contributed by atoms with Gasteiger partial charge in [-0.25, -0.2) is 0 Å². The highest BCUT2D eigenvalue weighted by Crippen LogP contribution is 2.16. The van der Waals surface area contributed by atoms with Gasteiger partial charge in [0.15, 0.2) is 0 Å². The lowest BCUT2D eigenvalue weighted by Gasteiger charge is -2.07. The van der Waals surface area contributed by atoms with Crippen molar-refractivity contribution < 1.29 is 9.53 Å². The van der Waals surface area contributed by atoms with Crippen LogP contribution in [0, 0.1) is 13.8 Å². The third-order valence-electron chi connectivity index (χ3n) is 2.88. The van der Waals surface area contributed by atoms with Crippen LogP contribution in [0.2, 0.25) is 0 Å². The molecule has 4 nitrogen and oxygen atoms in total. The molecule has 0 aromatic carbocycles. The van der Waals surface area contributed by atoms with Gasteiger partial charge < -0.3 is 4.74 Å². The van der Waals surface area contributed by atoms with E-state index in [-0.39, 0.29) is 5.78 Å². The summed E-state index contributed by atoms with van der Waals surface area (Å²) in [5, 5.41) is 0. The van der Waals surface area contributed by atoms with Crippen molar-refractivity contribution in [2.24, 2.45) is 0 Å². The molecule has 2 heterocycles. The highest BCUT2D eigenvalue weighted by molar-refractivity contribution is 6.08. The topological polar surface area (TPSA) is 52.1 Å². The minimum Gasteiger partial charge on any atom is -0.492 e. The van der Waals surface area contributed by atoms with E-state index < -0.39 is 0 Å². The van der Waals surface area contributed by atoms with Gasteiger partial charge in [0, 0.05) is 18.0 Å². The summed E-state index contributed by atoms with van der Waals surface area (Å²) in [7, 11) is 0. The molecule has 2 aromatic rings. The molecular weight excluding hydrogens is 252 g/mol. The number of ether oxygens (including phenoxy) is 1. The highest BCUT2D eigenvalue weighted by atomic mass is 16.5. The molecule has 104 valence electrons. The second kappa shape index (κ2) is 6.28. The van der Waals surface area contributed by atoms with Gasteiger partial charge in [0.2, 0.25) is 5.78 Å². The Bertz CT molecular complexity index is 624. The van der Waals surface area contributed by atoms with Crippen LogP contribution in [-0.4, -0.2) is 22.4 Å². The number of pyridine rings is 2. The molecule has 20 heavy (non-hydrogen) atoms. The van der Waals surface area contributed by atoms with Crippen LogP contribution in [0.4, 0.5) is 0 Å². The zero-order chi connectivity index (χ0) is 14.5. The van der Waals surface area contributed by atoms with E-state index in [4.69, 9.17) is 4.74 Å². The number of hydrogen-bond donors (Lipinski definition) is 0. The van der Waals surface area contributed by atoms with Crippen molar-refractivity contribution in [2.75, 3.05) is 6.61 Å². The summed E-state index contributed by atoms with van der Waals surface area (Å²) in [4.78, 5) is 20.7. The van der Waals surface area contributed by atoms with Crippen molar-refractivity contribution in [1.29, 1.82) is 0 Å². The lowest BCUT2D eigenvalue weighted by Crippen LogP contribution is -2.08. The minimum atomic E-state index is -0.128. The molecule has 4 heteroatoms. The molecule has 0 N–H and O–H groups in total. The number of aryl methyl sites for hydroxylation is 2. The summed E-state index contributed by atoms with van der Waals surface area (Å²) in [5.41, 5.74) is 2.87. The average molecular weight is 270 g/mol. The molecular formula is C16H18N2O2. The predicted molar refractivity (Wildman–Crippen MR) is 77.2 cm³/mol. The first-order valence-corrected chi connectivity index (χ1v) is 6.67. The predicted octanol–water partition coefficient (Wildman–Crippen LogP) is 3.11. The van der Waals surface area contributed by atoms with E-state index >= 15 is 0 Å². The monoisotopic (exact) mass is 270 g/mol. The molecule has 0 spiro atoms. The van der Waals surface area contributed by atoms with E-state index in [0.717, 1.165) is 17.5 Å². The highest BCUT2D eigenvalue weighted by Gasteiger charge is 2.14. The molecule has 0 saturated heterocycles. The molecule has 0 aliphatic carbocycles. The summed E-state index contributed by atoms with van der Waals surface area (Å²) >= 11 is 0. The maximum Gasteiger partial charge on any atom is 0.213 e. The van der Waals surface area contributed by atoms with Crippen LogP contribution in [0.15, 0.2) is 30.7 Å². The first-order valence-electron chi connectivity index (χ1n) is 6.67. The molecule has 2 rings (SSSR count). The molecule has 0 saturated carbocycles. The zero-order valence-corrected chi connectivity index (χ0v) is 12.0. The van der Waals surface area contributed by atoms with E-state index in [0.29, 0.717) is 23.6 Å². The average Bonchev–Trinajstić information content (AvgIpc) is 2.45. The molecule has 0 amide bonds. The Balaban J connectivity index is 2.28. The van der Waals surface area contributed by atoms with E-state index in [1.54, 1.807) is 24.7 Å². The Labute approximate surface area is 118 Å². The van der Waals surface area contributed by atoms with E-state index in [1.165, 1.54) is 0 Å². The van der Waals surface area contributed by atoms with Crippen LogP contribution in [0.1, 0.15) is 40.5 Å². The van der Waals surface area contributed by atoms with Crippen molar-refractivity contribution in [3.8, 4) is 5.75 Å². The lowest BCUT2D eigenvalue weighted by atomic mass is 10.0. The number of aromatic nitrogens is 2. The molecule has 0 radical (unpaired) electrons. The Morgan fingerprint density at radius 1 is 1.20 bits per heavy atom. The maximum absolute atomic E-state index is 12.4. The summed E-state index contributed by atoms with van der Waals surface area (Å²) in [6, 6.07) is 3.66. The van der Waals surface area contributed by atoms with Gasteiger partial charge in [0.05, 0.1) is 12.8 Å². The van der Waals surface area contributed by atoms with Gasteiger partial charge in [0.25, 0.3) is 0 Å². The zero-order valence-electron chi connectivity index (χ0n) is 12.0. The van der Waals surface area contributed by atoms with Crippen molar-refractivity contribution >= 4 is 5.78 Å².